The predicted molar refractivity (Wildman–Crippen MR) is 154 cm³/mol. The fraction of sp³-hybridized carbons (Fsp3) is 0.0909. The molecule has 0 spiro atoms. The number of furan rings is 1. The first-order valence-corrected chi connectivity index (χ1v) is 14.1. The Morgan fingerprint density at radius 3 is 2.16 bits per heavy atom. The molecule has 6 aromatic rings. The van der Waals surface area contributed by atoms with Crippen LogP contribution in [0.1, 0.15) is 11.1 Å². The van der Waals surface area contributed by atoms with E-state index in [0.717, 1.165) is 44.1 Å². The standard InChI is InChI=1S/C33H26N2OP/c1-22-12-18-27-28-19-15-25(21-34)33(32(28)36-31(27)30(22)29-11-7-8-20-35(29)2)37(3)26-16-13-24(14-17-26)23-9-5-4-6-10-23/h4-20H,1-3H3/q+1. The Morgan fingerprint density at radius 1 is 0.757 bits per heavy atom. The Morgan fingerprint density at radius 2 is 1.43 bits per heavy atom. The van der Waals surface area contributed by atoms with Gasteiger partial charge in [-0.25, -0.2) is 4.57 Å². The molecule has 0 aliphatic rings. The highest BCUT2D eigenvalue weighted by molar-refractivity contribution is 7.72. The largest absolute Gasteiger partial charge is 0.454 e. The van der Waals surface area contributed by atoms with E-state index in [2.05, 4.69) is 110 Å². The summed E-state index contributed by atoms with van der Waals surface area (Å²) in [6.07, 6.45) is 2.06. The number of nitrogens with zero attached hydrogens (tertiary/aromatic N) is 2. The van der Waals surface area contributed by atoms with Crippen molar-refractivity contribution in [3.05, 3.63) is 114 Å². The maximum Gasteiger partial charge on any atom is 0.216 e. The lowest BCUT2D eigenvalue weighted by Crippen LogP contribution is -2.30. The van der Waals surface area contributed by atoms with Gasteiger partial charge in [0.1, 0.15) is 18.2 Å². The van der Waals surface area contributed by atoms with Gasteiger partial charge in [0, 0.05) is 28.2 Å². The molecule has 0 N–H and O–H groups in total. The van der Waals surface area contributed by atoms with Crippen LogP contribution in [0.5, 0.6) is 0 Å². The van der Waals surface area contributed by atoms with E-state index in [-0.39, 0.29) is 0 Å². The molecule has 3 nitrogen and oxygen atoms in total. The minimum atomic E-state index is -0.815. The predicted octanol–water partition coefficient (Wildman–Crippen LogP) is 6.99. The number of benzene rings is 4. The summed E-state index contributed by atoms with van der Waals surface area (Å²) < 4.78 is 8.86. The van der Waals surface area contributed by atoms with Gasteiger partial charge < -0.3 is 4.42 Å². The summed E-state index contributed by atoms with van der Waals surface area (Å²) in [5.74, 6) is 0. The summed E-state index contributed by atoms with van der Waals surface area (Å²) in [5, 5.41) is 14.4. The zero-order valence-electron chi connectivity index (χ0n) is 21.1. The minimum absolute atomic E-state index is 0.677. The highest BCUT2D eigenvalue weighted by atomic mass is 31.1. The van der Waals surface area contributed by atoms with Crippen molar-refractivity contribution >= 4 is 40.5 Å². The van der Waals surface area contributed by atoms with Crippen LogP contribution in [-0.2, 0) is 7.05 Å². The Hall–Kier alpha value is -4.25. The van der Waals surface area contributed by atoms with Crippen molar-refractivity contribution in [2.45, 2.75) is 6.92 Å². The van der Waals surface area contributed by atoms with Gasteiger partial charge in [-0.3, -0.25) is 0 Å². The van der Waals surface area contributed by atoms with Gasteiger partial charge in [-0.2, -0.15) is 5.26 Å². The Labute approximate surface area is 218 Å². The average Bonchev–Trinajstić information content (AvgIpc) is 3.32. The summed E-state index contributed by atoms with van der Waals surface area (Å²) in [6.45, 7) is 4.34. The van der Waals surface area contributed by atoms with Crippen molar-refractivity contribution in [2.24, 2.45) is 7.05 Å². The van der Waals surface area contributed by atoms with E-state index in [1.54, 1.807) is 0 Å². The molecule has 4 heteroatoms. The number of fused-ring (bicyclic) bond motifs is 3. The minimum Gasteiger partial charge on any atom is -0.454 e. The first-order valence-electron chi connectivity index (χ1n) is 12.3. The van der Waals surface area contributed by atoms with Gasteiger partial charge in [0.15, 0.2) is 6.20 Å². The van der Waals surface area contributed by atoms with Crippen LogP contribution in [0.15, 0.2) is 108 Å². The number of aryl methyl sites for hydroxylation is 2. The van der Waals surface area contributed by atoms with E-state index >= 15 is 0 Å². The highest BCUT2D eigenvalue weighted by Gasteiger charge is 2.24. The van der Waals surface area contributed by atoms with E-state index < -0.39 is 7.92 Å². The SMILES string of the molecule is Cc1ccc2c(oc3c(P(C)c4ccc(-c5ccccc5)cc4)c(C#N)ccc32)c1-c1cccc[n+]1C. The third-order valence-electron chi connectivity index (χ3n) is 7.12. The Bertz CT molecular complexity index is 1810. The first kappa shape index (κ1) is 23.2. The zero-order chi connectivity index (χ0) is 25.5. The van der Waals surface area contributed by atoms with Gasteiger partial charge in [0.05, 0.1) is 17.2 Å². The molecule has 0 aliphatic carbocycles. The fourth-order valence-corrected chi connectivity index (χ4v) is 6.96. The van der Waals surface area contributed by atoms with Crippen molar-refractivity contribution in [3.63, 3.8) is 0 Å². The third-order valence-corrected chi connectivity index (χ3v) is 9.31. The van der Waals surface area contributed by atoms with Crippen molar-refractivity contribution in [3.8, 4) is 28.5 Å². The summed E-state index contributed by atoms with van der Waals surface area (Å²) >= 11 is 0. The van der Waals surface area contributed by atoms with Crippen LogP contribution >= 0.6 is 7.92 Å². The third kappa shape index (κ3) is 3.91. The van der Waals surface area contributed by atoms with E-state index in [4.69, 9.17) is 4.42 Å². The summed E-state index contributed by atoms with van der Waals surface area (Å²) in [6, 6.07) is 36.1. The van der Waals surface area contributed by atoms with Gasteiger partial charge >= 0.3 is 0 Å². The van der Waals surface area contributed by atoms with E-state index in [0.29, 0.717) is 5.56 Å². The lowest BCUT2D eigenvalue weighted by atomic mass is 10.0. The van der Waals surface area contributed by atoms with Crippen molar-refractivity contribution < 1.29 is 8.98 Å². The van der Waals surface area contributed by atoms with Crippen LogP contribution in [0.2, 0.25) is 0 Å². The quantitative estimate of drug-likeness (QED) is 0.195. The molecule has 178 valence electrons. The lowest BCUT2D eigenvalue weighted by Gasteiger charge is -2.16. The van der Waals surface area contributed by atoms with Crippen LogP contribution in [0, 0.1) is 18.3 Å². The van der Waals surface area contributed by atoms with Gasteiger partial charge in [-0.1, -0.05) is 66.7 Å². The summed E-state index contributed by atoms with van der Waals surface area (Å²) in [7, 11) is 1.24. The molecule has 37 heavy (non-hydrogen) atoms. The van der Waals surface area contributed by atoms with Crippen molar-refractivity contribution in [1.82, 2.24) is 0 Å². The van der Waals surface area contributed by atoms with Crippen LogP contribution in [-0.4, -0.2) is 6.66 Å². The van der Waals surface area contributed by atoms with E-state index in [1.165, 1.54) is 16.4 Å². The number of hydrogen-bond donors (Lipinski definition) is 0. The van der Waals surface area contributed by atoms with Crippen LogP contribution in [0.25, 0.3) is 44.3 Å². The van der Waals surface area contributed by atoms with Gasteiger partial charge in [0.25, 0.3) is 0 Å². The number of hydrogen-bond acceptors (Lipinski definition) is 2. The molecule has 4 aromatic carbocycles. The first-order chi connectivity index (χ1) is 18.1. The molecule has 0 bridgehead atoms. The van der Waals surface area contributed by atoms with Crippen LogP contribution in [0.4, 0.5) is 0 Å². The number of pyridine rings is 1. The zero-order valence-corrected chi connectivity index (χ0v) is 22.0. The smallest absolute Gasteiger partial charge is 0.216 e. The monoisotopic (exact) mass is 497 g/mol. The van der Waals surface area contributed by atoms with Crippen LogP contribution in [0.3, 0.4) is 0 Å². The van der Waals surface area contributed by atoms with Crippen LogP contribution < -0.4 is 15.2 Å². The summed E-state index contributed by atoms with van der Waals surface area (Å²) in [4.78, 5) is 0. The molecule has 1 unspecified atom stereocenters. The molecular formula is C33H26N2OP+. The molecule has 2 aromatic heterocycles. The molecule has 0 fully saturated rings. The molecule has 2 heterocycles. The Balaban J connectivity index is 1.54. The van der Waals surface area contributed by atoms with E-state index in [9.17, 15) is 5.26 Å². The second kappa shape index (κ2) is 9.32. The molecule has 0 radical (unpaired) electrons. The molecule has 6 rings (SSSR count). The van der Waals surface area contributed by atoms with E-state index in [1.807, 2.05) is 24.3 Å². The maximum atomic E-state index is 10.1. The second-order valence-corrected chi connectivity index (χ2v) is 11.4. The number of aromatic nitrogens is 1. The molecule has 0 saturated carbocycles. The van der Waals surface area contributed by atoms with Crippen molar-refractivity contribution in [1.29, 1.82) is 5.26 Å². The molecule has 0 saturated heterocycles. The number of nitriles is 1. The molecule has 0 amide bonds. The topological polar surface area (TPSA) is 40.8 Å². The van der Waals surface area contributed by atoms with Crippen molar-refractivity contribution in [2.75, 3.05) is 6.66 Å². The molecule has 0 aliphatic heterocycles. The van der Waals surface area contributed by atoms with Gasteiger partial charge in [0.2, 0.25) is 5.69 Å². The molecule has 1 atom stereocenters. The maximum absolute atomic E-state index is 10.1. The normalized spacial score (nSPS) is 12.1. The average molecular weight is 498 g/mol. The Kier molecular flexibility index (Phi) is 5.84. The highest BCUT2D eigenvalue weighted by Crippen LogP contribution is 2.41. The fourth-order valence-electron chi connectivity index (χ4n) is 5.15. The number of rotatable bonds is 4. The lowest BCUT2D eigenvalue weighted by molar-refractivity contribution is -0.660. The molecular weight excluding hydrogens is 471 g/mol. The summed E-state index contributed by atoms with van der Waals surface area (Å²) in [5.41, 5.74) is 8.10. The van der Waals surface area contributed by atoms with Gasteiger partial charge in [-0.05, 0) is 61.7 Å². The second-order valence-electron chi connectivity index (χ2n) is 9.36. The van der Waals surface area contributed by atoms with Gasteiger partial charge in [-0.15, -0.1) is 0 Å².